The first-order valence-corrected chi connectivity index (χ1v) is 8.56. The Bertz CT molecular complexity index is 520. The van der Waals surface area contributed by atoms with Gasteiger partial charge >= 0.3 is 0 Å². The highest BCUT2D eigenvalue weighted by molar-refractivity contribution is 7.91. The van der Waals surface area contributed by atoms with Gasteiger partial charge in [-0.15, -0.1) is 0 Å². The summed E-state index contributed by atoms with van der Waals surface area (Å²) in [5, 5.41) is 7.65. The van der Waals surface area contributed by atoms with Gasteiger partial charge in [-0.05, 0) is 34.2 Å². The highest BCUT2D eigenvalue weighted by atomic mass is 32.2. The van der Waals surface area contributed by atoms with Crippen LogP contribution < -0.4 is 5.32 Å². The number of nitrogens with one attached hydrogen (secondary N) is 1. The van der Waals surface area contributed by atoms with Crippen LogP contribution in [0.3, 0.4) is 0 Å². The van der Waals surface area contributed by atoms with Gasteiger partial charge in [-0.3, -0.25) is 4.68 Å². The number of hydrogen-bond acceptors (Lipinski definition) is 4. The highest BCUT2D eigenvalue weighted by Gasteiger charge is 2.17. The van der Waals surface area contributed by atoms with Gasteiger partial charge < -0.3 is 5.32 Å². The topological polar surface area (TPSA) is 64.0 Å². The number of hydrogen-bond donors (Lipinski definition) is 1. The molecular weight excluding hydrogens is 262 g/mol. The molecule has 5 nitrogen and oxygen atoms in total. The first-order chi connectivity index (χ1) is 8.82. The summed E-state index contributed by atoms with van der Waals surface area (Å²) in [5.74, 6) is 0.419. The molecule has 6 heteroatoms. The zero-order valence-electron chi connectivity index (χ0n) is 12.5. The lowest BCUT2D eigenvalue weighted by molar-refractivity contribution is 0.574. The van der Waals surface area contributed by atoms with Gasteiger partial charge in [-0.1, -0.05) is 6.92 Å². The van der Waals surface area contributed by atoms with E-state index in [1.807, 2.05) is 32.5 Å². The molecule has 0 aromatic carbocycles. The van der Waals surface area contributed by atoms with Crippen LogP contribution in [-0.4, -0.2) is 36.8 Å². The molecule has 0 amide bonds. The van der Waals surface area contributed by atoms with Crippen molar-refractivity contribution in [2.24, 2.45) is 0 Å². The fourth-order valence-corrected chi connectivity index (χ4v) is 3.62. The number of aryl methyl sites for hydroxylation is 2. The molecule has 19 heavy (non-hydrogen) atoms. The summed E-state index contributed by atoms with van der Waals surface area (Å²) in [6, 6.07) is 0.223. The van der Waals surface area contributed by atoms with Crippen LogP contribution in [0.2, 0.25) is 0 Å². The van der Waals surface area contributed by atoms with E-state index in [1.165, 1.54) is 0 Å². The molecular formula is C13H25N3O2S. The largest absolute Gasteiger partial charge is 0.313 e. The lowest BCUT2D eigenvalue weighted by Gasteiger charge is -2.11. The van der Waals surface area contributed by atoms with Crippen LogP contribution >= 0.6 is 0 Å². The van der Waals surface area contributed by atoms with Crippen molar-refractivity contribution in [3.63, 3.8) is 0 Å². The van der Waals surface area contributed by atoms with Gasteiger partial charge in [0.05, 0.1) is 18.0 Å². The highest BCUT2D eigenvalue weighted by Crippen LogP contribution is 2.20. The molecule has 1 N–H and O–H groups in total. The van der Waals surface area contributed by atoms with Gasteiger partial charge in [0.15, 0.2) is 9.84 Å². The molecule has 0 spiro atoms. The minimum absolute atomic E-state index is 0.163. The molecule has 0 aliphatic rings. The first-order valence-electron chi connectivity index (χ1n) is 6.74. The maximum atomic E-state index is 11.7. The van der Waals surface area contributed by atoms with Crippen molar-refractivity contribution in [3.05, 3.63) is 17.0 Å². The summed E-state index contributed by atoms with van der Waals surface area (Å²) in [7, 11) is -1.04. The van der Waals surface area contributed by atoms with Gasteiger partial charge in [0.1, 0.15) is 0 Å². The van der Waals surface area contributed by atoms with Gasteiger partial charge in [0.2, 0.25) is 0 Å². The Morgan fingerprint density at radius 2 is 1.95 bits per heavy atom. The van der Waals surface area contributed by atoms with Gasteiger partial charge in [0, 0.05) is 23.1 Å². The number of nitrogens with zero attached hydrogens (tertiary/aromatic N) is 2. The lowest BCUT2D eigenvalue weighted by atomic mass is 10.1. The summed E-state index contributed by atoms with van der Waals surface area (Å²) in [5.41, 5.74) is 3.17. The number of sulfone groups is 1. The third-order valence-corrected chi connectivity index (χ3v) is 5.27. The van der Waals surface area contributed by atoms with E-state index in [1.54, 1.807) is 0 Å². The molecule has 1 aromatic rings. The Morgan fingerprint density at radius 3 is 2.47 bits per heavy atom. The third kappa shape index (κ3) is 4.04. The SMILES string of the molecule is CCCS(=O)(=O)CCn1nc(C)c(C(C)NC)c1C. The molecule has 1 aromatic heterocycles. The lowest BCUT2D eigenvalue weighted by Crippen LogP contribution is -2.18. The average Bonchev–Trinajstić information content (AvgIpc) is 2.61. The Morgan fingerprint density at radius 1 is 1.32 bits per heavy atom. The van der Waals surface area contributed by atoms with Crippen LogP contribution in [0, 0.1) is 13.8 Å². The Kier molecular flexibility index (Phi) is 5.55. The van der Waals surface area contributed by atoms with Crippen LogP contribution in [0.25, 0.3) is 0 Å². The standard InChI is InChI=1S/C13H25N3O2S/c1-6-8-19(17,18)9-7-16-12(4)13(10(2)14-5)11(3)15-16/h10,14H,6-9H2,1-5H3. The van der Waals surface area contributed by atoms with Crippen LogP contribution in [0.5, 0.6) is 0 Å². The summed E-state index contributed by atoms with van der Waals surface area (Å²) in [6.45, 7) is 8.36. The van der Waals surface area contributed by atoms with E-state index in [0.717, 1.165) is 17.0 Å². The fourth-order valence-electron chi connectivity index (χ4n) is 2.34. The van der Waals surface area contributed by atoms with Crippen LogP contribution in [0.1, 0.15) is 43.3 Å². The van der Waals surface area contributed by atoms with Crippen molar-refractivity contribution in [2.45, 2.75) is 46.7 Å². The van der Waals surface area contributed by atoms with Crippen molar-refractivity contribution in [1.29, 1.82) is 0 Å². The molecule has 0 saturated heterocycles. The molecule has 0 aliphatic heterocycles. The molecule has 110 valence electrons. The normalized spacial score (nSPS) is 13.7. The second-order valence-electron chi connectivity index (χ2n) is 4.97. The smallest absolute Gasteiger partial charge is 0.152 e. The minimum Gasteiger partial charge on any atom is -0.313 e. The summed E-state index contributed by atoms with van der Waals surface area (Å²) < 4.78 is 25.3. The third-order valence-electron chi connectivity index (χ3n) is 3.43. The summed E-state index contributed by atoms with van der Waals surface area (Å²) in [4.78, 5) is 0. The van der Waals surface area contributed by atoms with Crippen molar-refractivity contribution in [3.8, 4) is 0 Å². The van der Waals surface area contributed by atoms with E-state index in [-0.39, 0.29) is 17.5 Å². The second-order valence-corrected chi connectivity index (χ2v) is 7.27. The number of aromatic nitrogens is 2. The maximum Gasteiger partial charge on any atom is 0.152 e. The molecule has 1 atom stereocenters. The Balaban J connectivity index is 2.87. The van der Waals surface area contributed by atoms with Gasteiger partial charge in [-0.25, -0.2) is 8.42 Å². The Labute approximate surface area is 116 Å². The van der Waals surface area contributed by atoms with E-state index < -0.39 is 9.84 Å². The first kappa shape index (κ1) is 16.2. The molecule has 1 heterocycles. The maximum absolute atomic E-state index is 11.7. The molecule has 0 fully saturated rings. The predicted molar refractivity (Wildman–Crippen MR) is 78.1 cm³/mol. The van der Waals surface area contributed by atoms with Crippen molar-refractivity contribution >= 4 is 9.84 Å². The molecule has 1 rings (SSSR count). The van der Waals surface area contributed by atoms with E-state index in [4.69, 9.17) is 0 Å². The van der Waals surface area contributed by atoms with E-state index in [2.05, 4.69) is 17.3 Å². The van der Waals surface area contributed by atoms with E-state index in [9.17, 15) is 8.42 Å². The van der Waals surface area contributed by atoms with E-state index >= 15 is 0 Å². The van der Waals surface area contributed by atoms with Crippen LogP contribution in [0.15, 0.2) is 0 Å². The van der Waals surface area contributed by atoms with Crippen molar-refractivity contribution in [1.82, 2.24) is 15.1 Å². The predicted octanol–water partition coefficient (Wildman–Crippen LogP) is 1.61. The second kappa shape index (κ2) is 6.52. The van der Waals surface area contributed by atoms with Crippen molar-refractivity contribution in [2.75, 3.05) is 18.6 Å². The molecule has 0 aliphatic carbocycles. The monoisotopic (exact) mass is 287 g/mol. The van der Waals surface area contributed by atoms with Crippen molar-refractivity contribution < 1.29 is 8.42 Å². The molecule has 1 unspecified atom stereocenters. The quantitative estimate of drug-likeness (QED) is 0.827. The molecule has 0 saturated carbocycles. The van der Waals surface area contributed by atoms with Crippen LogP contribution in [0.4, 0.5) is 0 Å². The Hall–Kier alpha value is -0.880. The molecule has 0 radical (unpaired) electrons. The van der Waals surface area contributed by atoms with E-state index in [0.29, 0.717) is 13.0 Å². The summed E-state index contributed by atoms with van der Waals surface area (Å²) >= 11 is 0. The summed E-state index contributed by atoms with van der Waals surface area (Å²) in [6.07, 6.45) is 0.668. The van der Waals surface area contributed by atoms with Crippen LogP contribution in [-0.2, 0) is 16.4 Å². The zero-order valence-corrected chi connectivity index (χ0v) is 13.3. The van der Waals surface area contributed by atoms with Gasteiger partial charge in [-0.2, -0.15) is 5.10 Å². The minimum atomic E-state index is -2.95. The average molecular weight is 287 g/mol. The zero-order chi connectivity index (χ0) is 14.6. The van der Waals surface area contributed by atoms with Gasteiger partial charge in [0.25, 0.3) is 0 Å². The fraction of sp³-hybridized carbons (Fsp3) is 0.769. The molecule has 0 bridgehead atoms. The number of rotatable bonds is 7.